The summed E-state index contributed by atoms with van der Waals surface area (Å²) in [6, 6.07) is 5.51. The zero-order valence-electron chi connectivity index (χ0n) is 17.1. The monoisotopic (exact) mass is 365 g/mol. The summed E-state index contributed by atoms with van der Waals surface area (Å²) in [6.45, 7) is 11.1. The summed E-state index contributed by atoms with van der Waals surface area (Å²) < 4.78 is 10.7. The molecule has 0 N–H and O–H groups in total. The van der Waals surface area contributed by atoms with Crippen LogP contribution in [-0.2, 0) is 22.6 Å². The summed E-state index contributed by atoms with van der Waals surface area (Å²) in [6.07, 6.45) is -1.52. The first-order valence-electron chi connectivity index (χ1n) is 8.60. The molecule has 1 aromatic heterocycles. The summed E-state index contributed by atoms with van der Waals surface area (Å²) in [7, 11) is 3.89. The minimum atomic E-state index is -0.758. The van der Waals surface area contributed by atoms with E-state index in [1.165, 1.54) is 0 Å². The Morgan fingerprint density at radius 3 is 1.69 bits per heavy atom. The largest absolute Gasteiger partial charge is 0.443 e. The first kappa shape index (κ1) is 21.9. The van der Waals surface area contributed by atoms with Crippen molar-refractivity contribution in [2.75, 3.05) is 14.1 Å². The summed E-state index contributed by atoms with van der Waals surface area (Å²) in [5.74, 6) is 0. The van der Waals surface area contributed by atoms with Crippen LogP contribution in [0.15, 0.2) is 18.2 Å². The number of nitrogens with zero attached hydrogens (tertiary/aromatic N) is 3. The van der Waals surface area contributed by atoms with E-state index in [1.807, 2.05) is 31.1 Å². The number of rotatable bonds is 4. The number of imide groups is 1. The molecule has 0 aliphatic carbocycles. The zero-order chi connectivity index (χ0) is 20.1. The van der Waals surface area contributed by atoms with Gasteiger partial charge in [0.25, 0.3) is 0 Å². The molecule has 146 valence electrons. The molecule has 0 aromatic carbocycles. The fraction of sp³-hybridized carbons (Fsp3) is 0.632. The Morgan fingerprint density at radius 1 is 0.885 bits per heavy atom. The van der Waals surface area contributed by atoms with E-state index in [1.54, 1.807) is 47.6 Å². The molecule has 0 saturated heterocycles. The van der Waals surface area contributed by atoms with Crippen LogP contribution >= 0.6 is 0 Å². The number of aromatic nitrogens is 1. The second-order valence-electron chi connectivity index (χ2n) is 8.40. The van der Waals surface area contributed by atoms with Gasteiger partial charge in [0.2, 0.25) is 0 Å². The zero-order valence-corrected chi connectivity index (χ0v) is 17.1. The van der Waals surface area contributed by atoms with Gasteiger partial charge < -0.3 is 14.4 Å². The molecule has 26 heavy (non-hydrogen) atoms. The third-order valence-corrected chi connectivity index (χ3v) is 2.89. The van der Waals surface area contributed by atoms with Gasteiger partial charge in [0.1, 0.15) is 11.2 Å². The van der Waals surface area contributed by atoms with Crippen LogP contribution in [-0.4, -0.2) is 52.3 Å². The molecular weight excluding hydrogens is 334 g/mol. The third kappa shape index (κ3) is 8.29. The molecule has 0 radical (unpaired) electrons. The molecule has 1 aromatic rings. The highest BCUT2D eigenvalue weighted by atomic mass is 16.6. The molecule has 0 unspecified atom stereocenters. The Balaban J connectivity index is 3.05. The Hall–Kier alpha value is -2.15. The average Bonchev–Trinajstić information content (AvgIpc) is 2.40. The van der Waals surface area contributed by atoms with Crippen LogP contribution in [0.3, 0.4) is 0 Å². The fourth-order valence-corrected chi connectivity index (χ4v) is 2.03. The van der Waals surface area contributed by atoms with E-state index in [4.69, 9.17) is 9.47 Å². The predicted molar refractivity (Wildman–Crippen MR) is 99.6 cm³/mol. The Labute approximate surface area is 156 Å². The van der Waals surface area contributed by atoms with Crippen LogP contribution in [0.4, 0.5) is 9.59 Å². The van der Waals surface area contributed by atoms with Crippen LogP contribution in [0.5, 0.6) is 0 Å². The van der Waals surface area contributed by atoms with Crippen LogP contribution in [0, 0.1) is 0 Å². The summed E-state index contributed by atoms with van der Waals surface area (Å²) in [5.41, 5.74) is -0.0170. The van der Waals surface area contributed by atoms with Crippen molar-refractivity contribution >= 4 is 12.2 Å². The summed E-state index contributed by atoms with van der Waals surface area (Å²) in [5, 5.41) is 0. The van der Waals surface area contributed by atoms with Crippen LogP contribution in [0.1, 0.15) is 52.9 Å². The number of carbonyl (C=O) groups is 2. The van der Waals surface area contributed by atoms with Gasteiger partial charge in [-0.25, -0.2) is 14.5 Å². The van der Waals surface area contributed by atoms with Crippen molar-refractivity contribution in [3.8, 4) is 0 Å². The van der Waals surface area contributed by atoms with E-state index in [0.717, 1.165) is 10.6 Å². The highest BCUT2D eigenvalue weighted by Gasteiger charge is 2.31. The van der Waals surface area contributed by atoms with Gasteiger partial charge in [0.15, 0.2) is 0 Å². The molecular formula is C19H31N3O4. The van der Waals surface area contributed by atoms with Crippen molar-refractivity contribution in [2.45, 2.75) is 65.8 Å². The molecule has 0 aliphatic rings. The van der Waals surface area contributed by atoms with Gasteiger partial charge in [-0.3, -0.25) is 4.98 Å². The lowest BCUT2D eigenvalue weighted by molar-refractivity contribution is -0.000495. The SMILES string of the molecule is CN(C)Cc1cccc(CN(C(=O)OC(C)(C)C)C(=O)OC(C)(C)C)n1. The maximum atomic E-state index is 12.5. The second kappa shape index (κ2) is 8.49. The van der Waals surface area contributed by atoms with E-state index in [2.05, 4.69) is 4.98 Å². The minimum Gasteiger partial charge on any atom is -0.443 e. The Bertz CT molecular complexity index is 602. The van der Waals surface area contributed by atoms with Crippen molar-refractivity contribution in [1.82, 2.24) is 14.8 Å². The van der Waals surface area contributed by atoms with Crippen LogP contribution < -0.4 is 0 Å². The predicted octanol–water partition coefficient (Wildman–Crippen LogP) is 3.82. The minimum absolute atomic E-state index is 0.0227. The normalized spacial score (nSPS) is 12.0. The van der Waals surface area contributed by atoms with Gasteiger partial charge in [0, 0.05) is 6.54 Å². The fourth-order valence-electron chi connectivity index (χ4n) is 2.03. The lowest BCUT2D eigenvalue weighted by Crippen LogP contribution is -2.43. The molecule has 2 amide bonds. The Kier molecular flexibility index (Phi) is 7.15. The first-order valence-corrected chi connectivity index (χ1v) is 8.60. The molecule has 0 aliphatic heterocycles. The maximum Gasteiger partial charge on any atom is 0.420 e. The Morgan fingerprint density at radius 2 is 1.31 bits per heavy atom. The van der Waals surface area contributed by atoms with Crippen molar-refractivity contribution in [3.05, 3.63) is 29.6 Å². The van der Waals surface area contributed by atoms with Gasteiger partial charge in [-0.15, -0.1) is 0 Å². The maximum absolute atomic E-state index is 12.5. The van der Waals surface area contributed by atoms with Crippen molar-refractivity contribution in [1.29, 1.82) is 0 Å². The quantitative estimate of drug-likeness (QED) is 0.808. The molecule has 1 heterocycles. The number of hydrogen-bond donors (Lipinski definition) is 0. The summed E-state index contributed by atoms with van der Waals surface area (Å²) >= 11 is 0. The van der Waals surface area contributed by atoms with Crippen molar-refractivity contribution < 1.29 is 19.1 Å². The standard InChI is InChI=1S/C19H31N3O4/c1-18(2,3)25-16(23)22(17(24)26-19(4,5)6)13-15-11-9-10-14(20-15)12-21(7)8/h9-11H,12-13H2,1-8H3. The van der Waals surface area contributed by atoms with Crippen LogP contribution in [0.25, 0.3) is 0 Å². The topological polar surface area (TPSA) is 72.0 Å². The molecule has 0 bridgehead atoms. The molecule has 0 atom stereocenters. The van der Waals surface area contributed by atoms with Gasteiger partial charge in [0.05, 0.1) is 17.9 Å². The lowest BCUT2D eigenvalue weighted by atomic mass is 10.2. The van der Waals surface area contributed by atoms with Gasteiger partial charge in [-0.2, -0.15) is 0 Å². The third-order valence-electron chi connectivity index (χ3n) is 2.89. The molecule has 0 spiro atoms. The van der Waals surface area contributed by atoms with Gasteiger partial charge in [-0.1, -0.05) is 6.07 Å². The van der Waals surface area contributed by atoms with Crippen molar-refractivity contribution in [3.63, 3.8) is 0 Å². The number of pyridine rings is 1. The smallest absolute Gasteiger partial charge is 0.420 e. The van der Waals surface area contributed by atoms with E-state index in [-0.39, 0.29) is 6.54 Å². The molecule has 0 saturated carbocycles. The highest BCUT2D eigenvalue weighted by Crippen LogP contribution is 2.16. The number of carbonyl (C=O) groups excluding carboxylic acids is 2. The average molecular weight is 365 g/mol. The molecule has 0 fully saturated rings. The first-order chi connectivity index (χ1) is 11.8. The molecule has 7 heteroatoms. The molecule has 7 nitrogen and oxygen atoms in total. The number of amides is 2. The van der Waals surface area contributed by atoms with Gasteiger partial charge >= 0.3 is 12.2 Å². The number of hydrogen-bond acceptors (Lipinski definition) is 6. The van der Waals surface area contributed by atoms with Crippen molar-refractivity contribution in [2.24, 2.45) is 0 Å². The van der Waals surface area contributed by atoms with Gasteiger partial charge in [-0.05, 0) is 67.8 Å². The van der Waals surface area contributed by atoms with E-state index >= 15 is 0 Å². The highest BCUT2D eigenvalue weighted by molar-refractivity contribution is 5.88. The molecule has 1 rings (SSSR count). The lowest BCUT2D eigenvalue weighted by Gasteiger charge is -2.28. The van der Waals surface area contributed by atoms with E-state index in [9.17, 15) is 9.59 Å². The van der Waals surface area contributed by atoms with E-state index < -0.39 is 23.4 Å². The number of ether oxygens (including phenoxy) is 2. The summed E-state index contributed by atoms with van der Waals surface area (Å²) in [4.78, 5) is 32.5. The van der Waals surface area contributed by atoms with Crippen LogP contribution in [0.2, 0.25) is 0 Å². The van der Waals surface area contributed by atoms with E-state index in [0.29, 0.717) is 12.2 Å². The second-order valence-corrected chi connectivity index (χ2v) is 8.40.